The summed E-state index contributed by atoms with van der Waals surface area (Å²) in [6, 6.07) is 16.4. The molecular weight excluding hydrogens is 374 g/mol. The molecule has 1 N–H and O–H groups in total. The lowest BCUT2D eigenvalue weighted by Crippen LogP contribution is -2.22. The van der Waals surface area contributed by atoms with Crippen LogP contribution in [0.25, 0.3) is 11.4 Å². The van der Waals surface area contributed by atoms with E-state index in [1.165, 1.54) is 11.8 Å². The van der Waals surface area contributed by atoms with E-state index in [2.05, 4.69) is 15.5 Å². The van der Waals surface area contributed by atoms with Crippen LogP contribution >= 0.6 is 11.8 Å². The van der Waals surface area contributed by atoms with Crippen molar-refractivity contribution in [2.24, 2.45) is 7.05 Å². The van der Waals surface area contributed by atoms with Crippen LogP contribution in [0.5, 0.6) is 5.75 Å². The quantitative estimate of drug-likeness (QED) is 0.645. The van der Waals surface area contributed by atoms with Gasteiger partial charge in [0.25, 0.3) is 0 Å². The van der Waals surface area contributed by atoms with E-state index >= 15 is 0 Å². The van der Waals surface area contributed by atoms with Gasteiger partial charge in [0, 0.05) is 12.7 Å². The van der Waals surface area contributed by atoms with Crippen LogP contribution in [0.3, 0.4) is 0 Å². The number of ether oxygens (including phenoxy) is 1. The third-order valence-electron chi connectivity index (χ3n) is 4.12. The SMILES string of the molecule is COc1ccccc1-c1nnc(S[C@H](C)C(=O)Nc2ccc(C#N)cc2)n1C. The lowest BCUT2D eigenvalue weighted by Gasteiger charge is -2.12. The Morgan fingerprint density at radius 3 is 2.61 bits per heavy atom. The molecule has 1 aromatic heterocycles. The maximum Gasteiger partial charge on any atom is 0.237 e. The van der Waals surface area contributed by atoms with Crippen molar-refractivity contribution in [3.05, 3.63) is 54.1 Å². The number of carbonyl (C=O) groups is 1. The first kappa shape index (κ1) is 19.5. The van der Waals surface area contributed by atoms with Gasteiger partial charge >= 0.3 is 0 Å². The number of nitrogens with zero attached hydrogens (tertiary/aromatic N) is 4. The van der Waals surface area contributed by atoms with E-state index in [4.69, 9.17) is 10.00 Å². The molecule has 0 radical (unpaired) electrons. The van der Waals surface area contributed by atoms with E-state index in [1.807, 2.05) is 41.9 Å². The van der Waals surface area contributed by atoms with Crippen molar-refractivity contribution >= 4 is 23.4 Å². The van der Waals surface area contributed by atoms with Gasteiger partial charge in [-0.05, 0) is 43.3 Å². The molecule has 0 unspecified atom stereocenters. The van der Waals surface area contributed by atoms with Crippen LogP contribution in [0, 0.1) is 11.3 Å². The second-order valence-corrected chi connectivity index (χ2v) is 7.31. The normalized spacial score (nSPS) is 11.5. The number of thioether (sulfide) groups is 1. The molecule has 8 heteroatoms. The van der Waals surface area contributed by atoms with E-state index in [1.54, 1.807) is 38.3 Å². The van der Waals surface area contributed by atoms with Gasteiger partial charge in [-0.15, -0.1) is 10.2 Å². The molecule has 142 valence electrons. The number of anilines is 1. The van der Waals surface area contributed by atoms with E-state index < -0.39 is 0 Å². The molecule has 0 saturated carbocycles. The fourth-order valence-electron chi connectivity index (χ4n) is 2.57. The number of methoxy groups -OCH3 is 1. The van der Waals surface area contributed by atoms with Gasteiger partial charge in [-0.3, -0.25) is 4.79 Å². The van der Waals surface area contributed by atoms with Crippen molar-refractivity contribution in [1.29, 1.82) is 5.26 Å². The molecule has 1 atom stereocenters. The predicted octanol–water partition coefficient (Wildman–Crippen LogP) is 3.48. The average molecular weight is 393 g/mol. The van der Waals surface area contributed by atoms with Crippen molar-refractivity contribution < 1.29 is 9.53 Å². The van der Waals surface area contributed by atoms with Gasteiger partial charge in [0.2, 0.25) is 5.91 Å². The van der Waals surface area contributed by atoms with Gasteiger partial charge in [-0.2, -0.15) is 5.26 Å². The van der Waals surface area contributed by atoms with E-state index in [0.29, 0.717) is 28.0 Å². The van der Waals surface area contributed by atoms with Gasteiger partial charge < -0.3 is 14.6 Å². The lowest BCUT2D eigenvalue weighted by molar-refractivity contribution is -0.115. The first-order valence-electron chi connectivity index (χ1n) is 8.54. The molecule has 0 spiro atoms. The zero-order chi connectivity index (χ0) is 20.1. The van der Waals surface area contributed by atoms with Gasteiger partial charge in [0.05, 0.1) is 29.6 Å². The molecule has 28 heavy (non-hydrogen) atoms. The number of amides is 1. The molecule has 0 aliphatic carbocycles. The summed E-state index contributed by atoms with van der Waals surface area (Å²) in [5, 5.41) is 20.4. The molecule has 1 heterocycles. The zero-order valence-electron chi connectivity index (χ0n) is 15.7. The first-order valence-corrected chi connectivity index (χ1v) is 9.42. The Hall–Kier alpha value is -3.31. The molecule has 7 nitrogen and oxygen atoms in total. The van der Waals surface area contributed by atoms with Crippen molar-refractivity contribution in [2.45, 2.75) is 17.3 Å². The average Bonchev–Trinajstić information content (AvgIpc) is 3.08. The van der Waals surface area contributed by atoms with Gasteiger partial charge in [-0.25, -0.2) is 0 Å². The zero-order valence-corrected chi connectivity index (χ0v) is 16.5. The summed E-state index contributed by atoms with van der Waals surface area (Å²) < 4.78 is 7.24. The third-order valence-corrected chi connectivity index (χ3v) is 5.25. The van der Waals surface area contributed by atoms with Crippen LogP contribution in [0.15, 0.2) is 53.7 Å². The van der Waals surface area contributed by atoms with Crippen molar-refractivity contribution in [2.75, 3.05) is 12.4 Å². The van der Waals surface area contributed by atoms with E-state index in [0.717, 1.165) is 5.56 Å². The van der Waals surface area contributed by atoms with Gasteiger partial charge in [0.1, 0.15) is 5.75 Å². The Bertz CT molecular complexity index is 1020. The van der Waals surface area contributed by atoms with Crippen LogP contribution in [-0.4, -0.2) is 33.0 Å². The van der Waals surface area contributed by atoms with Crippen LogP contribution in [0.2, 0.25) is 0 Å². The maximum atomic E-state index is 12.5. The molecule has 0 bridgehead atoms. The Morgan fingerprint density at radius 2 is 1.93 bits per heavy atom. The summed E-state index contributed by atoms with van der Waals surface area (Å²) >= 11 is 1.32. The molecule has 0 fully saturated rings. The number of nitrogens with one attached hydrogen (secondary N) is 1. The fraction of sp³-hybridized carbons (Fsp3) is 0.200. The fourth-order valence-corrected chi connectivity index (χ4v) is 3.38. The highest BCUT2D eigenvalue weighted by Crippen LogP contribution is 2.31. The molecule has 2 aromatic carbocycles. The van der Waals surface area contributed by atoms with Gasteiger partial charge in [0.15, 0.2) is 11.0 Å². The number of nitriles is 1. The molecule has 3 aromatic rings. The first-order chi connectivity index (χ1) is 13.5. The summed E-state index contributed by atoms with van der Waals surface area (Å²) in [6.07, 6.45) is 0. The van der Waals surface area contributed by atoms with Crippen LogP contribution in [-0.2, 0) is 11.8 Å². The number of benzene rings is 2. The van der Waals surface area contributed by atoms with Crippen molar-refractivity contribution in [3.63, 3.8) is 0 Å². The largest absolute Gasteiger partial charge is 0.496 e. The molecular formula is C20H19N5O2S. The monoisotopic (exact) mass is 393 g/mol. The van der Waals surface area contributed by atoms with Crippen molar-refractivity contribution in [1.82, 2.24) is 14.8 Å². The smallest absolute Gasteiger partial charge is 0.237 e. The standard InChI is InChI=1S/C20H19N5O2S/c1-13(19(26)22-15-10-8-14(12-21)9-11-15)28-20-24-23-18(25(20)2)16-6-4-5-7-17(16)27-3/h4-11,13H,1-3H3,(H,22,26)/t13-/m1/s1. The topological polar surface area (TPSA) is 92.8 Å². The van der Waals surface area contributed by atoms with Gasteiger partial charge in [-0.1, -0.05) is 23.9 Å². The Morgan fingerprint density at radius 1 is 1.21 bits per heavy atom. The summed E-state index contributed by atoms with van der Waals surface area (Å²) in [5.41, 5.74) is 2.02. The second kappa shape index (κ2) is 8.59. The molecule has 0 saturated heterocycles. The summed E-state index contributed by atoms with van der Waals surface area (Å²) in [4.78, 5) is 12.5. The second-order valence-electron chi connectivity index (χ2n) is 6.00. The number of carbonyl (C=O) groups excluding carboxylic acids is 1. The van der Waals surface area contributed by atoms with Crippen LogP contribution in [0.4, 0.5) is 5.69 Å². The summed E-state index contributed by atoms with van der Waals surface area (Å²) in [6.45, 7) is 1.81. The number of rotatable bonds is 6. The Balaban J connectivity index is 1.72. The highest BCUT2D eigenvalue weighted by Gasteiger charge is 2.20. The highest BCUT2D eigenvalue weighted by molar-refractivity contribution is 8.00. The Labute approximate surface area is 167 Å². The van der Waals surface area contributed by atoms with E-state index in [9.17, 15) is 4.79 Å². The number of para-hydroxylation sites is 1. The minimum atomic E-state index is -0.385. The predicted molar refractivity (Wildman–Crippen MR) is 108 cm³/mol. The third kappa shape index (κ3) is 4.15. The molecule has 0 aliphatic rings. The van der Waals surface area contributed by atoms with E-state index in [-0.39, 0.29) is 11.2 Å². The number of hydrogen-bond acceptors (Lipinski definition) is 6. The molecule has 0 aliphatic heterocycles. The Kier molecular flexibility index (Phi) is 5.96. The minimum absolute atomic E-state index is 0.156. The summed E-state index contributed by atoms with van der Waals surface area (Å²) in [7, 11) is 3.47. The lowest BCUT2D eigenvalue weighted by atomic mass is 10.2. The number of hydrogen-bond donors (Lipinski definition) is 1. The van der Waals surface area contributed by atoms with Crippen LogP contribution < -0.4 is 10.1 Å². The molecule has 3 rings (SSSR count). The molecule has 1 amide bonds. The minimum Gasteiger partial charge on any atom is -0.496 e. The van der Waals surface area contributed by atoms with Crippen LogP contribution in [0.1, 0.15) is 12.5 Å². The highest BCUT2D eigenvalue weighted by atomic mass is 32.2. The number of aromatic nitrogens is 3. The van der Waals surface area contributed by atoms with Crippen molar-refractivity contribution in [3.8, 4) is 23.2 Å². The summed E-state index contributed by atoms with van der Waals surface area (Å²) in [5.74, 6) is 1.22. The maximum absolute atomic E-state index is 12.5.